The Kier molecular flexibility index (Phi) is 3.43. The number of amides is 1. The third kappa shape index (κ3) is 2.44. The van der Waals surface area contributed by atoms with E-state index in [0.29, 0.717) is 6.42 Å². The first-order valence-electron chi connectivity index (χ1n) is 8.45. The van der Waals surface area contributed by atoms with Gasteiger partial charge in [-0.3, -0.25) is 9.48 Å². The highest BCUT2D eigenvalue weighted by atomic mass is 16.2. The molecule has 0 saturated carbocycles. The first-order chi connectivity index (χ1) is 11.2. The van der Waals surface area contributed by atoms with Crippen LogP contribution in [0.15, 0.2) is 30.5 Å². The van der Waals surface area contributed by atoms with Gasteiger partial charge in [-0.1, -0.05) is 29.5 Å². The summed E-state index contributed by atoms with van der Waals surface area (Å²) in [6.07, 6.45) is 5.62. The van der Waals surface area contributed by atoms with E-state index in [1.54, 1.807) is 4.68 Å². The van der Waals surface area contributed by atoms with Crippen LogP contribution >= 0.6 is 0 Å². The van der Waals surface area contributed by atoms with Crippen LogP contribution in [-0.2, 0) is 29.6 Å². The summed E-state index contributed by atoms with van der Waals surface area (Å²) in [7, 11) is 0. The highest BCUT2D eigenvalue weighted by molar-refractivity contribution is 5.79. The minimum absolute atomic E-state index is 0.175. The highest BCUT2D eigenvalue weighted by Gasteiger charge is 2.44. The summed E-state index contributed by atoms with van der Waals surface area (Å²) in [5.41, 5.74) is 3.89. The van der Waals surface area contributed by atoms with Crippen molar-refractivity contribution in [3.8, 4) is 0 Å². The Bertz CT molecular complexity index is 738. The molecule has 1 aliphatic carbocycles. The number of likely N-dealkylation sites (tertiary alicyclic amines) is 1. The quantitative estimate of drug-likeness (QED) is 0.871. The number of fused-ring (bicyclic) bond motifs is 2. The Morgan fingerprint density at radius 1 is 1.30 bits per heavy atom. The summed E-state index contributed by atoms with van der Waals surface area (Å²) in [6, 6.07) is 8.73. The van der Waals surface area contributed by atoms with Gasteiger partial charge in [0.1, 0.15) is 0 Å². The zero-order valence-electron chi connectivity index (χ0n) is 13.5. The smallest absolute Gasteiger partial charge is 0.228 e. The third-order valence-electron chi connectivity index (χ3n) is 5.41. The molecule has 1 unspecified atom stereocenters. The molecule has 1 atom stereocenters. The topological polar surface area (TPSA) is 51.0 Å². The molecule has 1 aliphatic heterocycles. The van der Waals surface area contributed by atoms with Gasteiger partial charge in [0.15, 0.2) is 0 Å². The Labute approximate surface area is 136 Å². The number of hydrogen-bond donors (Lipinski definition) is 0. The Morgan fingerprint density at radius 2 is 2.17 bits per heavy atom. The van der Waals surface area contributed by atoms with Crippen LogP contribution in [0.3, 0.4) is 0 Å². The predicted octanol–water partition coefficient (Wildman–Crippen LogP) is 1.96. The van der Waals surface area contributed by atoms with E-state index in [1.165, 1.54) is 17.5 Å². The van der Waals surface area contributed by atoms with Crippen molar-refractivity contribution < 1.29 is 4.79 Å². The Morgan fingerprint density at radius 3 is 3.00 bits per heavy atom. The van der Waals surface area contributed by atoms with Crippen molar-refractivity contribution in [3.05, 3.63) is 47.3 Å². The second kappa shape index (κ2) is 5.48. The van der Waals surface area contributed by atoms with E-state index in [0.717, 1.165) is 38.2 Å². The zero-order valence-corrected chi connectivity index (χ0v) is 13.5. The maximum absolute atomic E-state index is 12.6. The van der Waals surface area contributed by atoms with Crippen molar-refractivity contribution in [2.45, 2.75) is 44.6 Å². The van der Waals surface area contributed by atoms with Crippen LogP contribution in [0.4, 0.5) is 0 Å². The van der Waals surface area contributed by atoms with Crippen LogP contribution in [0.5, 0.6) is 0 Å². The van der Waals surface area contributed by atoms with Crippen molar-refractivity contribution in [2.75, 3.05) is 13.1 Å². The first-order valence-corrected chi connectivity index (χ1v) is 8.45. The monoisotopic (exact) mass is 310 g/mol. The molecular formula is C18H22N4O. The molecule has 2 aromatic rings. The summed E-state index contributed by atoms with van der Waals surface area (Å²) in [5.74, 6) is 0.175. The fourth-order valence-electron chi connectivity index (χ4n) is 4.11. The zero-order chi connectivity index (χ0) is 15.9. The van der Waals surface area contributed by atoms with Gasteiger partial charge in [-0.05, 0) is 37.3 Å². The lowest BCUT2D eigenvalue weighted by Gasteiger charge is -2.25. The minimum atomic E-state index is 0.175. The van der Waals surface area contributed by atoms with Gasteiger partial charge in [-0.15, -0.1) is 5.10 Å². The average molecular weight is 310 g/mol. The van der Waals surface area contributed by atoms with Crippen molar-refractivity contribution in [1.29, 1.82) is 0 Å². The second-order valence-electron chi connectivity index (χ2n) is 6.75. The molecule has 1 amide bonds. The largest absolute Gasteiger partial charge is 0.341 e. The van der Waals surface area contributed by atoms with E-state index in [2.05, 4.69) is 34.6 Å². The fourth-order valence-corrected chi connectivity index (χ4v) is 4.11. The average Bonchev–Trinajstić information content (AvgIpc) is 3.28. The second-order valence-corrected chi connectivity index (χ2v) is 6.75. The first kappa shape index (κ1) is 14.4. The molecule has 5 nitrogen and oxygen atoms in total. The van der Waals surface area contributed by atoms with Gasteiger partial charge >= 0.3 is 0 Å². The number of nitrogens with zero attached hydrogens (tertiary/aromatic N) is 4. The Hall–Kier alpha value is -2.17. The van der Waals surface area contributed by atoms with Crippen LogP contribution in [0.1, 0.15) is 36.6 Å². The van der Waals surface area contributed by atoms with Crippen LogP contribution in [0, 0.1) is 0 Å². The molecule has 23 heavy (non-hydrogen) atoms. The Balaban J connectivity index is 1.47. The molecule has 2 heterocycles. The molecule has 1 aromatic heterocycles. The maximum atomic E-state index is 12.6. The number of carbonyl (C=O) groups excluding carboxylic acids is 1. The number of carbonyl (C=O) groups is 1. The summed E-state index contributed by atoms with van der Waals surface area (Å²) in [5, 5.41) is 8.10. The molecule has 5 heteroatoms. The standard InChI is InChI=1S/C18H22N4O/c1-2-22-12-15(19-20-22)11-17(23)21-10-9-18(13-21)8-7-14-5-3-4-6-16(14)18/h3-6,12H,2,7-11,13H2,1H3. The van der Waals surface area contributed by atoms with Crippen LogP contribution in [-0.4, -0.2) is 38.9 Å². The van der Waals surface area contributed by atoms with Gasteiger partial charge in [0, 0.05) is 31.2 Å². The van der Waals surface area contributed by atoms with E-state index in [4.69, 9.17) is 0 Å². The maximum Gasteiger partial charge on any atom is 0.228 e. The van der Waals surface area contributed by atoms with Gasteiger partial charge in [0.25, 0.3) is 0 Å². The van der Waals surface area contributed by atoms with E-state index in [-0.39, 0.29) is 11.3 Å². The van der Waals surface area contributed by atoms with Crippen LogP contribution in [0.2, 0.25) is 0 Å². The highest BCUT2D eigenvalue weighted by Crippen LogP contribution is 2.45. The van der Waals surface area contributed by atoms with Gasteiger partial charge in [-0.25, -0.2) is 0 Å². The SMILES string of the molecule is CCn1cc(CC(=O)N2CCC3(CCc4ccccc43)C2)nn1. The molecule has 0 radical (unpaired) electrons. The van der Waals surface area contributed by atoms with E-state index >= 15 is 0 Å². The molecule has 1 spiro atoms. The van der Waals surface area contributed by atoms with Gasteiger partial charge in [0.2, 0.25) is 5.91 Å². The third-order valence-corrected chi connectivity index (χ3v) is 5.41. The molecule has 1 saturated heterocycles. The van der Waals surface area contributed by atoms with Crippen molar-refractivity contribution in [1.82, 2.24) is 19.9 Å². The number of hydrogen-bond acceptors (Lipinski definition) is 3. The number of aromatic nitrogens is 3. The van der Waals surface area contributed by atoms with E-state index < -0.39 is 0 Å². The summed E-state index contributed by atoms with van der Waals surface area (Å²) in [6.45, 7) is 4.51. The van der Waals surface area contributed by atoms with Crippen molar-refractivity contribution in [2.24, 2.45) is 0 Å². The lowest BCUT2D eigenvalue weighted by atomic mass is 9.81. The summed E-state index contributed by atoms with van der Waals surface area (Å²) in [4.78, 5) is 14.6. The molecule has 1 aromatic carbocycles. The lowest BCUT2D eigenvalue weighted by molar-refractivity contribution is -0.129. The number of aryl methyl sites for hydroxylation is 2. The van der Waals surface area contributed by atoms with E-state index in [9.17, 15) is 4.79 Å². The van der Waals surface area contributed by atoms with E-state index in [1.807, 2.05) is 18.0 Å². The summed E-state index contributed by atoms with van der Waals surface area (Å²) < 4.78 is 1.77. The predicted molar refractivity (Wildman–Crippen MR) is 87.0 cm³/mol. The molecule has 120 valence electrons. The molecule has 4 rings (SSSR count). The molecule has 0 bridgehead atoms. The van der Waals surface area contributed by atoms with Crippen molar-refractivity contribution in [3.63, 3.8) is 0 Å². The number of rotatable bonds is 3. The van der Waals surface area contributed by atoms with Gasteiger partial charge in [-0.2, -0.15) is 0 Å². The van der Waals surface area contributed by atoms with Gasteiger partial charge < -0.3 is 4.90 Å². The van der Waals surface area contributed by atoms with Gasteiger partial charge in [0.05, 0.1) is 12.1 Å². The lowest BCUT2D eigenvalue weighted by Crippen LogP contribution is -2.34. The molecule has 2 aliphatic rings. The van der Waals surface area contributed by atoms with Crippen molar-refractivity contribution >= 4 is 5.91 Å². The fraction of sp³-hybridized carbons (Fsp3) is 0.500. The normalized spacial score (nSPS) is 22.7. The minimum Gasteiger partial charge on any atom is -0.341 e. The van der Waals surface area contributed by atoms with Crippen LogP contribution in [0.25, 0.3) is 0 Å². The molecular weight excluding hydrogens is 288 g/mol. The molecule has 1 fully saturated rings. The number of benzene rings is 1. The van der Waals surface area contributed by atoms with Crippen LogP contribution < -0.4 is 0 Å². The summed E-state index contributed by atoms with van der Waals surface area (Å²) >= 11 is 0. The molecule has 0 N–H and O–H groups in total.